The van der Waals surface area contributed by atoms with Crippen molar-refractivity contribution in [2.24, 2.45) is 5.73 Å². The van der Waals surface area contributed by atoms with E-state index in [-0.39, 0.29) is 6.04 Å². The maximum atomic E-state index is 5.94. The maximum Gasteiger partial charge on any atom is 0.127 e. The topological polar surface area (TPSA) is 35.2 Å². The van der Waals surface area contributed by atoms with Crippen LogP contribution in [0.1, 0.15) is 42.5 Å². The Morgan fingerprint density at radius 3 is 2.25 bits per heavy atom. The van der Waals surface area contributed by atoms with Gasteiger partial charge >= 0.3 is 0 Å². The maximum absolute atomic E-state index is 5.94. The zero-order valence-electron chi connectivity index (χ0n) is 11.9. The van der Waals surface area contributed by atoms with Crippen LogP contribution in [0.3, 0.4) is 0 Å². The van der Waals surface area contributed by atoms with Crippen LogP contribution in [0, 0.1) is 0 Å². The van der Waals surface area contributed by atoms with Crippen LogP contribution in [0.4, 0.5) is 0 Å². The molecule has 0 spiro atoms. The minimum absolute atomic E-state index is 0.0628. The summed E-state index contributed by atoms with van der Waals surface area (Å²) in [5.41, 5.74) is 9.91. The monoisotopic (exact) mass is 267 g/mol. The molecule has 0 amide bonds. The second kappa shape index (κ2) is 5.68. The third-order valence-corrected chi connectivity index (χ3v) is 3.96. The van der Waals surface area contributed by atoms with Gasteiger partial charge < -0.3 is 10.5 Å². The lowest BCUT2D eigenvalue weighted by Crippen LogP contribution is -2.04. The van der Waals surface area contributed by atoms with Crippen molar-refractivity contribution in [2.45, 2.75) is 38.6 Å². The van der Waals surface area contributed by atoms with Crippen LogP contribution in [-0.4, -0.2) is 0 Å². The molecular weight excluding hydrogens is 246 g/mol. The number of nitrogens with two attached hydrogens (primary N) is 1. The fourth-order valence-corrected chi connectivity index (χ4v) is 2.75. The molecule has 0 heterocycles. The first-order valence-electron chi connectivity index (χ1n) is 7.37. The molecule has 0 bridgehead atoms. The molecule has 2 heteroatoms. The van der Waals surface area contributed by atoms with Crippen LogP contribution in [0.25, 0.3) is 0 Å². The molecule has 104 valence electrons. The van der Waals surface area contributed by atoms with E-state index in [2.05, 4.69) is 18.2 Å². The predicted octanol–water partition coefficient (Wildman–Crippen LogP) is 4.38. The lowest BCUT2D eigenvalue weighted by Gasteiger charge is -2.17. The Kier molecular flexibility index (Phi) is 3.75. The van der Waals surface area contributed by atoms with Crippen molar-refractivity contribution in [2.75, 3.05) is 0 Å². The normalized spacial score (nSPS) is 15.5. The predicted molar refractivity (Wildman–Crippen MR) is 82.2 cm³/mol. The van der Waals surface area contributed by atoms with Crippen molar-refractivity contribution in [3.8, 4) is 11.5 Å². The number of hydrogen-bond acceptors (Lipinski definition) is 2. The lowest BCUT2D eigenvalue weighted by atomic mass is 9.92. The van der Waals surface area contributed by atoms with E-state index in [1.54, 1.807) is 0 Å². The number of aryl methyl sites for hydroxylation is 2. The van der Waals surface area contributed by atoms with Crippen LogP contribution < -0.4 is 10.5 Å². The summed E-state index contributed by atoms with van der Waals surface area (Å²) in [6.07, 6.45) is 4.99. The van der Waals surface area contributed by atoms with E-state index in [1.807, 2.05) is 31.2 Å². The fraction of sp³-hybridized carbons (Fsp3) is 0.333. The first kappa shape index (κ1) is 13.2. The standard InChI is InChI=1S/C18H21NO/c1-13(19)14-6-9-17(10-7-14)20-18-11-8-15-4-2-3-5-16(15)12-18/h6-13H,2-5,19H2,1H3/t13-/m0/s1. The highest BCUT2D eigenvalue weighted by molar-refractivity contribution is 5.40. The van der Waals surface area contributed by atoms with E-state index in [0.29, 0.717) is 0 Å². The van der Waals surface area contributed by atoms with E-state index in [0.717, 1.165) is 17.1 Å². The Morgan fingerprint density at radius 2 is 1.55 bits per heavy atom. The van der Waals surface area contributed by atoms with Gasteiger partial charge in [-0.05, 0) is 73.6 Å². The zero-order chi connectivity index (χ0) is 13.9. The molecule has 1 aliphatic carbocycles. The summed E-state index contributed by atoms with van der Waals surface area (Å²) in [4.78, 5) is 0. The molecule has 1 atom stereocenters. The minimum atomic E-state index is 0.0628. The fourth-order valence-electron chi connectivity index (χ4n) is 2.75. The highest BCUT2D eigenvalue weighted by atomic mass is 16.5. The van der Waals surface area contributed by atoms with Crippen molar-refractivity contribution in [1.29, 1.82) is 0 Å². The Hall–Kier alpha value is -1.80. The van der Waals surface area contributed by atoms with Gasteiger partial charge in [0.15, 0.2) is 0 Å². The molecular formula is C18H21NO. The number of fused-ring (bicyclic) bond motifs is 1. The van der Waals surface area contributed by atoms with Crippen LogP contribution in [0.2, 0.25) is 0 Å². The van der Waals surface area contributed by atoms with Crippen molar-refractivity contribution in [3.05, 3.63) is 59.2 Å². The summed E-state index contributed by atoms with van der Waals surface area (Å²) in [5, 5.41) is 0. The summed E-state index contributed by atoms with van der Waals surface area (Å²) in [6.45, 7) is 1.99. The van der Waals surface area contributed by atoms with E-state index in [9.17, 15) is 0 Å². The molecule has 1 aliphatic rings. The average Bonchev–Trinajstić information content (AvgIpc) is 2.48. The van der Waals surface area contributed by atoms with E-state index in [4.69, 9.17) is 10.5 Å². The number of ether oxygens (including phenoxy) is 1. The van der Waals surface area contributed by atoms with Crippen LogP contribution in [0.5, 0.6) is 11.5 Å². The van der Waals surface area contributed by atoms with Crippen LogP contribution >= 0.6 is 0 Å². The molecule has 2 aromatic carbocycles. The molecule has 0 aliphatic heterocycles. The second-order valence-electron chi connectivity index (χ2n) is 5.60. The number of rotatable bonds is 3. The Morgan fingerprint density at radius 1 is 0.900 bits per heavy atom. The molecule has 2 N–H and O–H groups in total. The van der Waals surface area contributed by atoms with Crippen molar-refractivity contribution >= 4 is 0 Å². The molecule has 3 rings (SSSR count). The summed E-state index contributed by atoms with van der Waals surface area (Å²) >= 11 is 0. The lowest BCUT2D eigenvalue weighted by molar-refractivity contribution is 0.480. The molecule has 0 aromatic heterocycles. The minimum Gasteiger partial charge on any atom is -0.457 e. The second-order valence-corrected chi connectivity index (χ2v) is 5.60. The van der Waals surface area contributed by atoms with Gasteiger partial charge in [0.1, 0.15) is 11.5 Å². The quantitative estimate of drug-likeness (QED) is 0.895. The summed E-state index contributed by atoms with van der Waals surface area (Å²) in [6, 6.07) is 14.6. The first-order chi connectivity index (χ1) is 9.72. The van der Waals surface area contributed by atoms with Gasteiger partial charge in [-0.1, -0.05) is 18.2 Å². The third kappa shape index (κ3) is 2.86. The highest BCUT2D eigenvalue weighted by Gasteiger charge is 2.10. The third-order valence-electron chi connectivity index (χ3n) is 3.96. The number of benzene rings is 2. The van der Waals surface area contributed by atoms with Gasteiger partial charge in [-0.2, -0.15) is 0 Å². The molecule has 20 heavy (non-hydrogen) atoms. The SMILES string of the molecule is C[C@H](N)c1ccc(Oc2ccc3c(c2)CCCC3)cc1. The summed E-state index contributed by atoms with van der Waals surface area (Å²) in [5.74, 6) is 1.80. The van der Waals surface area contributed by atoms with Crippen molar-refractivity contribution in [1.82, 2.24) is 0 Å². The smallest absolute Gasteiger partial charge is 0.127 e. The van der Waals surface area contributed by atoms with Gasteiger partial charge in [-0.3, -0.25) is 0 Å². The van der Waals surface area contributed by atoms with E-state index < -0.39 is 0 Å². The van der Waals surface area contributed by atoms with E-state index in [1.165, 1.54) is 36.8 Å². The number of hydrogen-bond donors (Lipinski definition) is 1. The van der Waals surface area contributed by atoms with Gasteiger partial charge in [0.25, 0.3) is 0 Å². The molecule has 0 saturated carbocycles. The van der Waals surface area contributed by atoms with Gasteiger partial charge in [0, 0.05) is 6.04 Å². The van der Waals surface area contributed by atoms with E-state index >= 15 is 0 Å². The first-order valence-corrected chi connectivity index (χ1v) is 7.37. The molecule has 2 nitrogen and oxygen atoms in total. The highest BCUT2D eigenvalue weighted by Crippen LogP contribution is 2.28. The molecule has 0 fully saturated rings. The Labute approximate surface area is 120 Å². The summed E-state index contributed by atoms with van der Waals surface area (Å²) < 4.78 is 5.94. The zero-order valence-corrected chi connectivity index (χ0v) is 11.9. The largest absolute Gasteiger partial charge is 0.457 e. The molecule has 0 unspecified atom stereocenters. The van der Waals surface area contributed by atoms with Crippen molar-refractivity contribution < 1.29 is 4.74 Å². The molecule has 2 aromatic rings. The van der Waals surface area contributed by atoms with Crippen molar-refractivity contribution in [3.63, 3.8) is 0 Å². The Bertz CT molecular complexity index is 587. The average molecular weight is 267 g/mol. The van der Waals surface area contributed by atoms with Crippen LogP contribution in [0.15, 0.2) is 42.5 Å². The Balaban J connectivity index is 1.77. The molecule has 0 saturated heterocycles. The van der Waals surface area contributed by atoms with Gasteiger partial charge in [-0.25, -0.2) is 0 Å². The van der Waals surface area contributed by atoms with Gasteiger partial charge in [0.05, 0.1) is 0 Å². The molecule has 0 radical (unpaired) electrons. The van der Waals surface area contributed by atoms with Crippen LogP contribution in [-0.2, 0) is 12.8 Å². The summed E-state index contributed by atoms with van der Waals surface area (Å²) in [7, 11) is 0. The van der Waals surface area contributed by atoms with Gasteiger partial charge in [-0.15, -0.1) is 0 Å². The van der Waals surface area contributed by atoms with Gasteiger partial charge in [0.2, 0.25) is 0 Å².